The molecule has 0 spiro atoms. The average Bonchev–Trinajstić information content (AvgIpc) is 2.49. The molecule has 0 aliphatic rings. The molecule has 0 aliphatic heterocycles. The zero-order valence-electron chi connectivity index (χ0n) is 11.6. The Morgan fingerprint density at radius 3 is 2.52 bits per heavy atom. The van der Waals surface area contributed by atoms with Crippen molar-refractivity contribution in [2.75, 3.05) is 17.7 Å². The Morgan fingerprint density at radius 2 is 1.86 bits per heavy atom. The van der Waals surface area contributed by atoms with Gasteiger partial charge in [-0.3, -0.25) is 0 Å². The van der Waals surface area contributed by atoms with Crippen LogP contribution in [-0.2, 0) is 11.3 Å². The highest BCUT2D eigenvalue weighted by molar-refractivity contribution is 5.99. The molecule has 0 fully saturated rings. The molecule has 0 unspecified atom stereocenters. The van der Waals surface area contributed by atoms with Crippen molar-refractivity contribution in [3.05, 3.63) is 59.7 Å². The number of benzene rings is 2. The highest BCUT2D eigenvalue weighted by Crippen LogP contribution is 2.13. The summed E-state index contributed by atoms with van der Waals surface area (Å²) in [5.74, 6) is 0. The first-order chi connectivity index (χ1) is 10.2. The summed E-state index contributed by atoms with van der Waals surface area (Å²) in [5.41, 5.74) is 2.79. The number of carbonyl (C=O) groups is 1. The maximum atomic E-state index is 11.9. The van der Waals surface area contributed by atoms with E-state index < -0.39 is 0 Å². The van der Waals surface area contributed by atoms with Gasteiger partial charge in [-0.2, -0.15) is 5.26 Å². The van der Waals surface area contributed by atoms with Crippen LogP contribution in [0.2, 0.25) is 0 Å². The van der Waals surface area contributed by atoms with E-state index in [1.165, 1.54) is 0 Å². The quantitative estimate of drug-likeness (QED) is 0.902. The molecule has 0 heterocycles. The van der Waals surface area contributed by atoms with Gasteiger partial charge in [0.2, 0.25) is 0 Å². The van der Waals surface area contributed by atoms with Crippen LogP contribution >= 0.6 is 0 Å². The summed E-state index contributed by atoms with van der Waals surface area (Å²) in [7, 11) is 1.63. The van der Waals surface area contributed by atoms with E-state index in [0.717, 1.165) is 5.56 Å². The summed E-state index contributed by atoms with van der Waals surface area (Å²) in [6.07, 6.45) is 0. The van der Waals surface area contributed by atoms with Crippen LogP contribution in [0.4, 0.5) is 16.2 Å². The first-order valence-electron chi connectivity index (χ1n) is 6.37. The first-order valence-corrected chi connectivity index (χ1v) is 6.37. The van der Waals surface area contributed by atoms with Crippen molar-refractivity contribution in [3.63, 3.8) is 0 Å². The molecule has 5 heteroatoms. The normalized spacial score (nSPS) is 9.71. The molecule has 0 aliphatic carbocycles. The number of hydrogen-bond donors (Lipinski definition) is 2. The van der Waals surface area contributed by atoms with Crippen molar-refractivity contribution >= 4 is 17.4 Å². The summed E-state index contributed by atoms with van der Waals surface area (Å²) in [5, 5.41) is 14.2. The number of rotatable bonds is 4. The zero-order valence-corrected chi connectivity index (χ0v) is 11.6. The fourth-order valence-electron chi connectivity index (χ4n) is 1.81. The van der Waals surface area contributed by atoms with Gasteiger partial charge in [-0.1, -0.05) is 18.2 Å². The van der Waals surface area contributed by atoms with Crippen molar-refractivity contribution in [1.82, 2.24) is 0 Å². The lowest BCUT2D eigenvalue weighted by Gasteiger charge is -2.08. The number of nitriles is 1. The Bertz CT molecular complexity index is 660. The summed E-state index contributed by atoms with van der Waals surface area (Å²) in [6, 6.07) is 15.8. The molecule has 21 heavy (non-hydrogen) atoms. The third-order valence-corrected chi connectivity index (χ3v) is 2.77. The molecular formula is C16H15N3O2. The number of ether oxygens (including phenoxy) is 1. The van der Waals surface area contributed by atoms with Crippen LogP contribution in [-0.4, -0.2) is 13.1 Å². The maximum Gasteiger partial charge on any atom is 0.323 e. The summed E-state index contributed by atoms with van der Waals surface area (Å²) in [4.78, 5) is 11.9. The van der Waals surface area contributed by atoms with Crippen molar-refractivity contribution < 1.29 is 9.53 Å². The van der Waals surface area contributed by atoms with E-state index >= 15 is 0 Å². The first kappa shape index (κ1) is 14.6. The predicted molar refractivity (Wildman–Crippen MR) is 81.0 cm³/mol. The lowest BCUT2D eigenvalue weighted by Crippen LogP contribution is -2.19. The second-order valence-corrected chi connectivity index (χ2v) is 4.40. The number of methoxy groups -OCH3 is 1. The fraction of sp³-hybridized carbons (Fsp3) is 0.125. The topological polar surface area (TPSA) is 74.2 Å². The Balaban J connectivity index is 1.96. The minimum Gasteiger partial charge on any atom is -0.380 e. The van der Waals surface area contributed by atoms with E-state index in [1.807, 2.05) is 18.2 Å². The summed E-state index contributed by atoms with van der Waals surface area (Å²) < 4.78 is 5.02. The highest BCUT2D eigenvalue weighted by atomic mass is 16.5. The van der Waals surface area contributed by atoms with Crippen LogP contribution in [0, 0.1) is 11.3 Å². The zero-order chi connectivity index (χ0) is 15.1. The van der Waals surface area contributed by atoms with Gasteiger partial charge in [-0.05, 0) is 35.9 Å². The monoisotopic (exact) mass is 281 g/mol. The molecule has 2 amide bonds. The molecule has 106 valence electrons. The van der Waals surface area contributed by atoms with Gasteiger partial charge in [0.15, 0.2) is 0 Å². The number of urea groups is 1. The van der Waals surface area contributed by atoms with E-state index in [-0.39, 0.29) is 6.03 Å². The molecular weight excluding hydrogens is 266 g/mol. The van der Waals surface area contributed by atoms with E-state index in [1.54, 1.807) is 43.5 Å². The molecule has 0 bridgehead atoms. The fourth-order valence-corrected chi connectivity index (χ4v) is 1.81. The van der Waals surface area contributed by atoms with Crippen molar-refractivity contribution in [1.29, 1.82) is 5.26 Å². The Morgan fingerprint density at radius 1 is 1.14 bits per heavy atom. The minimum absolute atomic E-state index is 0.357. The molecule has 0 saturated carbocycles. The Hall–Kier alpha value is -2.84. The molecule has 2 aromatic rings. The molecule has 0 aromatic heterocycles. The maximum absolute atomic E-state index is 11.9. The lowest BCUT2D eigenvalue weighted by molar-refractivity contribution is 0.185. The average molecular weight is 281 g/mol. The molecule has 2 aromatic carbocycles. The number of carbonyl (C=O) groups excluding carboxylic acids is 1. The van der Waals surface area contributed by atoms with Crippen LogP contribution < -0.4 is 10.6 Å². The molecule has 2 N–H and O–H groups in total. The Labute approximate surface area is 123 Å². The smallest absolute Gasteiger partial charge is 0.323 e. The van der Waals surface area contributed by atoms with Gasteiger partial charge in [0, 0.05) is 18.5 Å². The Kier molecular flexibility index (Phi) is 4.91. The number of nitrogens with one attached hydrogen (secondary N) is 2. The number of hydrogen-bond acceptors (Lipinski definition) is 3. The molecule has 0 saturated heterocycles. The largest absolute Gasteiger partial charge is 0.380 e. The third-order valence-electron chi connectivity index (χ3n) is 2.77. The predicted octanol–water partition coefficient (Wildman–Crippen LogP) is 3.35. The van der Waals surface area contributed by atoms with Gasteiger partial charge in [-0.15, -0.1) is 0 Å². The van der Waals surface area contributed by atoms with Gasteiger partial charge in [0.1, 0.15) is 0 Å². The molecule has 2 rings (SSSR count). The van der Waals surface area contributed by atoms with Crippen LogP contribution in [0.5, 0.6) is 0 Å². The van der Waals surface area contributed by atoms with Gasteiger partial charge < -0.3 is 15.4 Å². The molecule has 0 atom stereocenters. The van der Waals surface area contributed by atoms with Gasteiger partial charge in [-0.25, -0.2) is 4.79 Å². The van der Waals surface area contributed by atoms with Crippen molar-refractivity contribution in [3.8, 4) is 6.07 Å². The number of anilines is 2. The van der Waals surface area contributed by atoms with E-state index in [4.69, 9.17) is 10.00 Å². The third kappa shape index (κ3) is 4.34. The van der Waals surface area contributed by atoms with Crippen LogP contribution in [0.25, 0.3) is 0 Å². The highest BCUT2D eigenvalue weighted by Gasteiger charge is 2.03. The van der Waals surface area contributed by atoms with Crippen LogP contribution in [0.3, 0.4) is 0 Å². The lowest BCUT2D eigenvalue weighted by atomic mass is 10.2. The number of nitrogens with zero attached hydrogens (tertiary/aromatic N) is 1. The minimum atomic E-state index is -0.357. The van der Waals surface area contributed by atoms with Crippen molar-refractivity contribution in [2.45, 2.75) is 6.61 Å². The summed E-state index contributed by atoms with van der Waals surface area (Å²) >= 11 is 0. The van der Waals surface area contributed by atoms with Crippen LogP contribution in [0.1, 0.15) is 11.1 Å². The van der Waals surface area contributed by atoms with E-state index in [9.17, 15) is 4.79 Å². The van der Waals surface area contributed by atoms with Crippen molar-refractivity contribution in [2.24, 2.45) is 0 Å². The van der Waals surface area contributed by atoms with Crippen LogP contribution in [0.15, 0.2) is 48.5 Å². The SMILES string of the molecule is COCc1ccc(NC(=O)Nc2cccc(C#N)c2)cc1. The standard InChI is InChI=1S/C16H15N3O2/c1-21-11-12-5-7-14(8-6-12)18-16(20)19-15-4-2-3-13(9-15)10-17/h2-9H,11H2,1H3,(H2,18,19,20). The second-order valence-electron chi connectivity index (χ2n) is 4.40. The van der Waals surface area contributed by atoms with Gasteiger partial charge in [0.05, 0.1) is 18.2 Å². The molecule has 5 nitrogen and oxygen atoms in total. The van der Waals surface area contributed by atoms with E-state index in [2.05, 4.69) is 10.6 Å². The van der Waals surface area contributed by atoms with Gasteiger partial charge in [0.25, 0.3) is 0 Å². The summed E-state index contributed by atoms with van der Waals surface area (Å²) in [6.45, 7) is 0.535. The van der Waals surface area contributed by atoms with E-state index in [0.29, 0.717) is 23.5 Å². The second kappa shape index (κ2) is 7.08. The molecule has 0 radical (unpaired) electrons. The van der Waals surface area contributed by atoms with Gasteiger partial charge >= 0.3 is 6.03 Å². The number of amides is 2.